The number of ether oxygens (including phenoxy) is 1. The van der Waals surface area contributed by atoms with Crippen LogP contribution in [-0.2, 0) is 45.7 Å². The summed E-state index contributed by atoms with van der Waals surface area (Å²) in [5.41, 5.74) is 2.16. The summed E-state index contributed by atoms with van der Waals surface area (Å²) in [7, 11) is -3.38. The number of hydrogen-bond acceptors (Lipinski definition) is 6. The summed E-state index contributed by atoms with van der Waals surface area (Å²) in [5.74, 6) is 0.162. The molecule has 174 valence electrons. The van der Waals surface area contributed by atoms with Crippen LogP contribution in [0.1, 0.15) is 50.1 Å². The molecule has 1 unspecified atom stereocenters. The van der Waals surface area contributed by atoms with Crippen molar-refractivity contribution in [2.75, 3.05) is 13.1 Å². The second-order valence-electron chi connectivity index (χ2n) is 8.93. The summed E-state index contributed by atoms with van der Waals surface area (Å²) in [6.07, 6.45) is 3.01. The van der Waals surface area contributed by atoms with Gasteiger partial charge in [-0.15, -0.1) is 5.10 Å². The lowest BCUT2D eigenvalue weighted by Crippen LogP contribution is -2.45. The molecular weight excluding hydrogens is 430 g/mol. The van der Waals surface area contributed by atoms with Crippen molar-refractivity contribution in [1.82, 2.24) is 24.6 Å². The van der Waals surface area contributed by atoms with Crippen LogP contribution in [0.4, 0.5) is 0 Å². The Kier molecular flexibility index (Phi) is 6.64. The van der Waals surface area contributed by atoms with Crippen molar-refractivity contribution in [1.29, 1.82) is 0 Å². The van der Waals surface area contributed by atoms with E-state index in [0.29, 0.717) is 38.4 Å². The summed E-state index contributed by atoms with van der Waals surface area (Å²) in [4.78, 5) is 14.6. The van der Waals surface area contributed by atoms with Crippen LogP contribution in [0.2, 0.25) is 0 Å². The van der Waals surface area contributed by atoms with Crippen molar-refractivity contribution >= 4 is 15.9 Å². The van der Waals surface area contributed by atoms with Crippen LogP contribution >= 0.6 is 0 Å². The zero-order chi connectivity index (χ0) is 22.8. The zero-order valence-electron chi connectivity index (χ0n) is 18.7. The van der Waals surface area contributed by atoms with E-state index in [1.807, 2.05) is 23.1 Å². The van der Waals surface area contributed by atoms with Crippen LogP contribution in [0.5, 0.6) is 0 Å². The topological polar surface area (TPSA) is 106 Å². The van der Waals surface area contributed by atoms with Crippen molar-refractivity contribution in [3.63, 3.8) is 0 Å². The molecule has 1 aromatic heterocycles. The lowest BCUT2D eigenvalue weighted by atomic mass is 10.0. The molecule has 0 radical (unpaired) electrons. The van der Waals surface area contributed by atoms with E-state index >= 15 is 0 Å². The van der Waals surface area contributed by atoms with E-state index in [4.69, 9.17) is 4.74 Å². The van der Waals surface area contributed by atoms with E-state index < -0.39 is 20.9 Å². The number of benzene rings is 1. The number of carbonyl (C=O) groups is 1. The third kappa shape index (κ3) is 5.02. The Bertz CT molecular complexity index is 1050. The fourth-order valence-electron chi connectivity index (χ4n) is 4.22. The van der Waals surface area contributed by atoms with Crippen LogP contribution < -0.4 is 4.72 Å². The quantitative estimate of drug-likeness (QED) is 0.640. The Morgan fingerprint density at radius 3 is 2.78 bits per heavy atom. The summed E-state index contributed by atoms with van der Waals surface area (Å²) < 4.78 is 34.6. The number of fused-ring (bicyclic) bond motifs is 1. The molecule has 3 heterocycles. The first-order valence-electron chi connectivity index (χ1n) is 11.1. The molecule has 9 nitrogen and oxygen atoms in total. The molecule has 1 amide bonds. The number of amides is 1. The van der Waals surface area contributed by atoms with E-state index in [2.05, 4.69) is 27.2 Å². The molecule has 1 atom stereocenters. The highest BCUT2D eigenvalue weighted by Gasteiger charge is 2.44. The first kappa shape index (κ1) is 22.9. The number of nitrogens with zero attached hydrogens (tertiary/aromatic N) is 4. The number of likely N-dealkylation sites (tertiary alicyclic amines) is 1. The second kappa shape index (κ2) is 9.29. The normalized spacial score (nSPS) is 20.8. The fraction of sp³-hybridized carbons (Fsp3) is 0.591. The third-order valence-electron chi connectivity index (χ3n) is 6.30. The Hall–Kier alpha value is -2.30. The summed E-state index contributed by atoms with van der Waals surface area (Å²) in [5, 5.41) is 7.88. The Morgan fingerprint density at radius 1 is 1.25 bits per heavy atom. The maximum atomic E-state index is 12.7. The van der Waals surface area contributed by atoms with Gasteiger partial charge in [0.2, 0.25) is 15.9 Å². The van der Waals surface area contributed by atoms with E-state index in [1.165, 1.54) is 5.56 Å². The van der Waals surface area contributed by atoms with Crippen molar-refractivity contribution in [3.8, 4) is 0 Å². The molecule has 1 saturated heterocycles. The molecule has 2 aromatic rings. The van der Waals surface area contributed by atoms with Crippen LogP contribution in [0.25, 0.3) is 0 Å². The lowest BCUT2D eigenvalue weighted by molar-refractivity contribution is -0.133. The predicted octanol–water partition coefficient (Wildman–Crippen LogP) is 1.63. The SMILES string of the molecule is CC(C)S(=O)(=O)NCc1nnn2c1COC1(CCN(C(=O)CCCc3ccccc3)C1)C2. The van der Waals surface area contributed by atoms with Gasteiger partial charge in [0.1, 0.15) is 11.3 Å². The fourth-order valence-corrected chi connectivity index (χ4v) is 4.89. The molecule has 1 spiro atoms. The van der Waals surface area contributed by atoms with E-state index in [1.54, 1.807) is 18.5 Å². The minimum atomic E-state index is -3.38. The number of sulfonamides is 1. The van der Waals surface area contributed by atoms with Crippen molar-refractivity contribution < 1.29 is 17.9 Å². The van der Waals surface area contributed by atoms with Crippen molar-refractivity contribution in [2.24, 2.45) is 0 Å². The number of carbonyl (C=O) groups excluding carboxylic acids is 1. The molecule has 2 aliphatic rings. The third-order valence-corrected chi connectivity index (χ3v) is 8.09. The lowest BCUT2D eigenvalue weighted by Gasteiger charge is -2.34. The monoisotopic (exact) mass is 461 g/mol. The first-order valence-corrected chi connectivity index (χ1v) is 12.7. The zero-order valence-corrected chi connectivity index (χ0v) is 19.5. The summed E-state index contributed by atoms with van der Waals surface area (Å²) in [6, 6.07) is 10.2. The van der Waals surface area contributed by atoms with Crippen molar-refractivity contribution in [2.45, 2.75) is 70.1 Å². The van der Waals surface area contributed by atoms with E-state index in [9.17, 15) is 13.2 Å². The standard InChI is InChI=1S/C22H31N5O4S/c1-17(2)32(29,30)23-13-19-20-14-31-22(16-27(20)25-24-19)11-12-26(15-22)21(28)10-6-9-18-7-4-3-5-8-18/h3-5,7-8,17,23H,6,9-16H2,1-2H3. The Labute approximate surface area is 189 Å². The second-order valence-corrected chi connectivity index (χ2v) is 11.3. The van der Waals surface area contributed by atoms with Gasteiger partial charge < -0.3 is 9.64 Å². The summed E-state index contributed by atoms with van der Waals surface area (Å²) in [6.45, 7) is 5.40. The maximum Gasteiger partial charge on any atom is 0.222 e. The highest BCUT2D eigenvalue weighted by molar-refractivity contribution is 7.90. The Morgan fingerprint density at radius 2 is 2.03 bits per heavy atom. The average Bonchev–Trinajstić information content (AvgIpc) is 3.37. The van der Waals surface area contributed by atoms with Gasteiger partial charge in [-0.05, 0) is 38.7 Å². The van der Waals surface area contributed by atoms with Crippen LogP contribution in [0.15, 0.2) is 30.3 Å². The molecule has 32 heavy (non-hydrogen) atoms. The van der Waals surface area contributed by atoms with Gasteiger partial charge in [0.05, 0.1) is 37.2 Å². The largest absolute Gasteiger partial charge is 0.365 e. The molecule has 10 heteroatoms. The van der Waals surface area contributed by atoms with E-state index in [0.717, 1.165) is 25.0 Å². The predicted molar refractivity (Wildman–Crippen MR) is 119 cm³/mol. The van der Waals surface area contributed by atoms with Gasteiger partial charge in [0.25, 0.3) is 0 Å². The smallest absolute Gasteiger partial charge is 0.222 e. The molecule has 1 aromatic carbocycles. The van der Waals surface area contributed by atoms with Gasteiger partial charge >= 0.3 is 0 Å². The van der Waals surface area contributed by atoms with Gasteiger partial charge in [0, 0.05) is 13.0 Å². The number of aromatic nitrogens is 3. The molecular formula is C22H31N5O4S. The molecule has 1 fully saturated rings. The van der Waals surface area contributed by atoms with Gasteiger partial charge in [-0.1, -0.05) is 35.5 Å². The number of nitrogens with one attached hydrogen (secondary N) is 1. The van der Waals surface area contributed by atoms with Crippen LogP contribution in [0.3, 0.4) is 0 Å². The van der Waals surface area contributed by atoms with Crippen LogP contribution in [-0.4, -0.2) is 58.2 Å². The molecule has 0 bridgehead atoms. The van der Waals surface area contributed by atoms with Crippen molar-refractivity contribution in [3.05, 3.63) is 47.3 Å². The van der Waals surface area contributed by atoms with E-state index in [-0.39, 0.29) is 12.5 Å². The minimum Gasteiger partial charge on any atom is -0.365 e. The Balaban J connectivity index is 1.31. The van der Waals surface area contributed by atoms with Gasteiger partial charge in [0.15, 0.2) is 0 Å². The van der Waals surface area contributed by atoms with Gasteiger partial charge in [-0.2, -0.15) is 0 Å². The minimum absolute atomic E-state index is 0.0955. The number of hydrogen-bond donors (Lipinski definition) is 1. The molecule has 4 rings (SSSR count). The first-order chi connectivity index (χ1) is 15.3. The molecule has 0 saturated carbocycles. The summed E-state index contributed by atoms with van der Waals surface area (Å²) >= 11 is 0. The number of aryl methyl sites for hydroxylation is 1. The number of rotatable bonds is 8. The molecule has 1 N–H and O–H groups in total. The van der Waals surface area contributed by atoms with Gasteiger partial charge in [-0.25, -0.2) is 17.8 Å². The highest BCUT2D eigenvalue weighted by Crippen LogP contribution is 2.33. The average molecular weight is 462 g/mol. The molecule has 2 aliphatic heterocycles. The van der Waals surface area contributed by atoms with Gasteiger partial charge in [-0.3, -0.25) is 4.79 Å². The highest BCUT2D eigenvalue weighted by atomic mass is 32.2. The molecule has 0 aliphatic carbocycles. The van der Waals surface area contributed by atoms with Crippen LogP contribution in [0, 0.1) is 0 Å². The maximum absolute atomic E-state index is 12.7.